The van der Waals surface area contributed by atoms with Gasteiger partial charge in [-0.15, -0.1) is 0 Å². The molecule has 0 saturated carbocycles. The Morgan fingerprint density at radius 1 is 0.634 bits per heavy atom. The smallest absolute Gasteiger partial charge is 0.0582 e. The molecule has 1 nitrogen and oxygen atoms in total. The monoisotopic (exact) mass is 525 g/mol. The van der Waals surface area contributed by atoms with Gasteiger partial charge in [-0.2, -0.15) is 0 Å². The molecule has 0 amide bonds. The standard InChI is InChI=1S/C40H31N/c1-39(2)29-13-8-12-26-25-11-5-6-14-33(25)41(38(26)29)34-21-30-28(20-31(34)39)37-27-18-17-23-10-7-9-22-15-16-24(36(27)35(22)23)19-32(37)40(30,3)4/h5-6,8-9,11-21H,7,10H2,1-4H3. The molecule has 0 bridgehead atoms. The number of aryl methyl sites for hydroxylation is 1. The minimum atomic E-state index is -0.111. The summed E-state index contributed by atoms with van der Waals surface area (Å²) in [6, 6.07) is 33.1. The minimum absolute atomic E-state index is 0.0899. The lowest BCUT2D eigenvalue weighted by molar-refractivity contribution is 0.625. The van der Waals surface area contributed by atoms with Crippen molar-refractivity contribution < 1.29 is 0 Å². The molecule has 0 N–H and O–H groups in total. The molecule has 0 radical (unpaired) electrons. The first-order valence-electron chi connectivity index (χ1n) is 15.1. The van der Waals surface area contributed by atoms with Crippen LogP contribution < -0.4 is 5.22 Å². The zero-order valence-electron chi connectivity index (χ0n) is 24.0. The highest BCUT2D eigenvalue weighted by Crippen LogP contribution is 2.57. The Kier molecular flexibility index (Phi) is 3.77. The Balaban J connectivity index is 1.37. The van der Waals surface area contributed by atoms with E-state index in [1.165, 1.54) is 93.2 Å². The molecule has 1 heteroatoms. The Morgan fingerprint density at radius 2 is 1.46 bits per heavy atom. The van der Waals surface area contributed by atoms with Crippen molar-refractivity contribution in [2.75, 3.05) is 0 Å². The van der Waals surface area contributed by atoms with Gasteiger partial charge in [0.05, 0.1) is 16.7 Å². The SMILES string of the molecule is CC1(C)c2cc3c(cc2-c2c1cc1ccc4c5c(ccc2c15)CCC=4)C(C)(C)c1cccc2c4ccccc4n-3c12. The summed E-state index contributed by atoms with van der Waals surface area (Å²) in [5.74, 6) is 0. The van der Waals surface area contributed by atoms with Crippen molar-refractivity contribution in [1.82, 2.24) is 4.57 Å². The van der Waals surface area contributed by atoms with Crippen LogP contribution in [0.2, 0.25) is 0 Å². The van der Waals surface area contributed by atoms with Crippen molar-refractivity contribution in [3.63, 3.8) is 0 Å². The lowest BCUT2D eigenvalue weighted by atomic mass is 9.73. The van der Waals surface area contributed by atoms with Crippen LogP contribution in [0.4, 0.5) is 0 Å². The Morgan fingerprint density at radius 3 is 2.37 bits per heavy atom. The van der Waals surface area contributed by atoms with Gasteiger partial charge in [0.2, 0.25) is 0 Å². The maximum Gasteiger partial charge on any atom is 0.0582 e. The van der Waals surface area contributed by atoms with Crippen molar-refractivity contribution >= 4 is 49.4 Å². The third-order valence-corrected chi connectivity index (χ3v) is 11.0. The molecule has 7 aromatic rings. The largest absolute Gasteiger partial charge is 0.309 e. The predicted molar refractivity (Wildman–Crippen MR) is 173 cm³/mol. The van der Waals surface area contributed by atoms with E-state index < -0.39 is 0 Å². The number of fused-ring (bicyclic) bond motifs is 9. The molecule has 0 spiro atoms. The van der Waals surface area contributed by atoms with Crippen LogP contribution in [0.25, 0.3) is 66.2 Å². The van der Waals surface area contributed by atoms with E-state index in [0.29, 0.717) is 0 Å². The van der Waals surface area contributed by atoms with Crippen LogP contribution in [0.15, 0.2) is 84.9 Å². The molecule has 0 fully saturated rings. The van der Waals surface area contributed by atoms with E-state index in [-0.39, 0.29) is 10.8 Å². The van der Waals surface area contributed by atoms with Gasteiger partial charge in [0.1, 0.15) is 0 Å². The Bertz CT molecular complexity index is 2410. The van der Waals surface area contributed by atoms with E-state index in [1.54, 1.807) is 0 Å². The Labute approximate surface area is 239 Å². The van der Waals surface area contributed by atoms with Crippen LogP contribution in [0.5, 0.6) is 0 Å². The molecule has 41 heavy (non-hydrogen) atoms. The van der Waals surface area contributed by atoms with E-state index in [9.17, 15) is 0 Å². The molecule has 0 atom stereocenters. The normalized spacial score (nSPS) is 17.2. The van der Waals surface area contributed by atoms with Crippen LogP contribution in [0.3, 0.4) is 0 Å². The molecule has 2 aliphatic carbocycles. The molecule has 10 rings (SSSR count). The van der Waals surface area contributed by atoms with E-state index >= 15 is 0 Å². The van der Waals surface area contributed by atoms with Crippen molar-refractivity contribution in [1.29, 1.82) is 0 Å². The van der Waals surface area contributed by atoms with Crippen LogP contribution in [0, 0.1) is 0 Å². The summed E-state index contributed by atoms with van der Waals surface area (Å²) in [5, 5.41) is 9.84. The second-order valence-electron chi connectivity index (χ2n) is 13.7. The number of aromatic nitrogens is 1. The number of hydrogen-bond donors (Lipinski definition) is 0. The summed E-state index contributed by atoms with van der Waals surface area (Å²) in [5.41, 5.74) is 13.9. The molecule has 0 saturated heterocycles. The number of para-hydroxylation sites is 2. The number of hydrogen-bond acceptors (Lipinski definition) is 0. The van der Waals surface area contributed by atoms with Crippen molar-refractivity contribution in [2.45, 2.75) is 51.4 Å². The topological polar surface area (TPSA) is 4.93 Å². The van der Waals surface area contributed by atoms with Crippen molar-refractivity contribution in [3.8, 4) is 16.8 Å². The summed E-state index contributed by atoms with van der Waals surface area (Å²) >= 11 is 0. The first-order valence-corrected chi connectivity index (χ1v) is 15.1. The molecule has 196 valence electrons. The van der Waals surface area contributed by atoms with E-state index in [2.05, 4.69) is 123 Å². The predicted octanol–water partition coefficient (Wildman–Crippen LogP) is 9.48. The fourth-order valence-electron chi connectivity index (χ4n) is 8.93. The molecular weight excluding hydrogens is 494 g/mol. The van der Waals surface area contributed by atoms with Gasteiger partial charge in [-0.1, -0.05) is 94.4 Å². The van der Waals surface area contributed by atoms with Gasteiger partial charge in [-0.05, 0) is 103 Å². The maximum absolute atomic E-state index is 2.58. The van der Waals surface area contributed by atoms with Crippen LogP contribution in [-0.2, 0) is 17.3 Å². The molecule has 6 aromatic carbocycles. The van der Waals surface area contributed by atoms with Gasteiger partial charge >= 0.3 is 0 Å². The van der Waals surface area contributed by atoms with Gasteiger partial charge in [0.15, 0.2) is 0 Å². The molecule has 3 aliphatic rings. The second kappa shape index (κ2) is 6.92. The number of rotatable bonds is 0. The highest BCUT2D eigenvalue weighted by atomic mass is 15.0. The lowest BCUT2D eigenvalue weighted by Gasteiger charge is -2.36. The van der Waals surface area contributed by atoms with Crippen LogP contribution in [-0.4, -0.2) is 4.57 Å². The summed E-state index contributed by atoms with van der Waals surface area (Å²) in [4.78, 5) is 0. The Hall–Kier alpha value is -4.36. The second-order valence-corrected chi connectivity index (χ2v) is 13.7. The fraction of sp³-hybridized carbons (Fsp3) is 0.200. The summed E-state index contributed by atoms with van der Waals surface area (Å²) in [6.07, 6.45) is 4.71. The van der Waals surface area contributed by atoms with Gasteiger partial charge in [0, 0.05) is 21.6 Å². The maximum atomic E-state index is 2.58. The zero-order valence-corrected chi connectivity index (χ0v) is 24.0. The van der Waals surface area contributed by atoms with Crippen LogP contribution in [0.1, 0.15) is 61.9 Å². The lowest BCUT2D eigenvalue weighted by Crippen LogP contribution is -2.27. The summed E-state index contributed by atoms with van der Waals surface area (Å²) in [6.45, 7) is 9.72. The van der Waals surface area contributed by atoms with Crippen molar-refractivity contribution in [3.05, 3.63) is 118 Å². The highest BCUT2D eigenvalue weighted by molar-refractivity contribution is 6.19. The van der Waals surface area contributed by atoms with Gasteiger partial charge in [0.25, 0.3) is 0 Å². The third kappa shape index (κ3) is 2.44. The van der Waals surface area contributed by atoms with Gasteiger partial charge in [-0.25, -0.2) is 0 Å². The molecule has 2 heterocycles. The van der Waals surface area contributed by atoms with E-state index in [0.717, 1.165) is 12.8 Å². The summed E-state index contributed by atoms with van der Waals surface area (Å²) in [7, 11) is 0. The molecular formula is C40H31N. The first-order chi connectivity index (χ1) is 19.9. The zero-order chi connectivity index (χ0) is 27.4. The quantitative estimate of drug-likeness (QED) is 0.186. The molecule has 1 aliphatic heterocycles. The number of nitrogens with zero attached hydrogens (tertiary/aromatic N) is 1. The van der Waals surface area contributed by atoms with E-state index in [1.807, 2.05) is 0 Å². The highest BCUT2D eigenvalue weighted by Gasteiger charge is 2.42. The molecule has 1 aromatic heterocycles. The molecule has 0 unspecified atom stereocenters. The first kappa shape index (κ1) is 22.3. The van der Waals surface area contributed by atoms with Gasteiger partial charge in [-0.3, -0.25) is 0 Å². The fourth-order valence-corrected chi connectivity index (χ4v) is 8.93. The average molecular weight is 526 g/mol. The third-order valence-electron chi connectivity index (χ3n) is 11.0. The summed E-state index contributed by atoms with van der Waals surface area (Å²) < 4.78 is 2.56. The van der Waals surface area contributed by atoms with Gasteiger partial charge < -0.3 is 4.57 Å². The van der Waals surface area contributed by atoms with Crippen molar-refractivity contribution in [2.24, 2.45) is 0 Å². The van der Waals surface area contributed by atoms with Crippen LogP contribution >= 0.6 is 0 Å². The van der Waals surface area contributed by atoms with E-state index in [4.69, 9.17) is 0 Å². The minimum Gasteiger partial charge on any atom is -0.309 e. The average Bonchev–Trinajstić information content (AvgIpc) is 3.43. The number of benzene rings is 6.